The second-order valence-electron chi connectivity index (χ2n) is 13.1. The highest BCUT2D eigenvalue weighted by Gasteiger charge is 2.46. The first kappa shape index (κ1) is 27.7. The molecule has 1 N–H and O–H groups in total. The average Bonchev–Trinajstić information content (AvgIpc) is 2.92. The molecule has 0 aromatic heterocycles. The molecule has 3 fully saturated rings. The van der Waals surface area contributed by atoms with Crippen LogP contribution >= 0.6 is 0 Å². The Hall–Kier alpha value is -1.31. The zero-order valence-electron chi connectivity index (χ0n) is 23.6. The van der Waals surface area contributed by atoms with Gasteiger partial charge in [0.2, 0.25) is 0 Å². The molecule has 3 saturated carbocycles. The van der Waals surface area contributed by atoms with Crippen LogP contribution in [0.3, 0.4) is 0 Å². The number of hydrogen-bond donors (Lipinski definition) is 1. The van der Waals surface area contributed by atoms with E-state index in [0.29, 0.717) is 5.92 Å². The Balaban J connectivity index is 1.56. The van der Waals surface area contributed by atoms with E-state index in [2.05, 4.69) is 45.0 Å². The van der Waals surface area contributed by atoms with Gasteiger partial charge in [0.1, 0.15) is 0 Å². The highest BCUT2D eigenvalue weighted by Crippen LogP contribution is 2.54. The van der Waals surface area contributed by atoms with Crippen LogP contribution < -0.4 is 0 Å². The Morgan fingerprint density at radius 3 is 2.08 bits per heavy atom. The molecule has 3 aliphatic rings. The van der Waals surface area contributed by atoms with Gasteiger partial charge in [-0.2, -0.15) is 0 Å². The molecular weight excluding hydrogens is 440 g/mol. The summed E-state index contributed by atoms with van der Waals surface area (Å²) in [4.78, 5) is 11.9. The number of unbranched alkanes of at least 4 members (excludes halogenated alkanes) is 1. The summed E-state index contributed by atoms with van der Waals surface area (Å²) in [6.45, 7) is 7.17. The van der Waals surface area contributed by atoms with Gasteiger partial charge in [-0.15, -0.1) is 0 Å². The maximum atomic E-state index is 11.9. The Labute approximate surface area is 222 Å². The molecule has 0 aliphatic heterocycles. The van der Waals surface area contributed by atoms with Crippen molar-refractivity contribution >= 4 is 5.97 Å². The lowest BCUT2D eigenvalue weighted by atomic mass is 9.55. The zero-order chi connectivity index (χ0) is 25.5. The number of hydrogen-bond acceptors (Lipinski definition) is 1. The third-order valence-corrected chi connectivity index (χ3v) is 11.1. The highest BCUT2D eigenvalue weighted by atomic mass is 16.4. The van der Waals surface area contributed by atoms with Crippen molar-refractivity contribution in [1.29, 1.82) is 0 Å². The Morgan fingerprint density at radius 2 is 1.47 bits per heavy atom. The minimum Gasteiger partial charge on any atom is -0.481 e. The summed E-state index contributed by atoms with van der Waals surface area (Å²) >= 11 is 0. The average molecular weight is 495 g/mol. The van der Waals surface area contributed by atoms with Crippen molar-refractivity contribution in [2.75, 3.05) is 0 Å². The van der Waals surface area contributed by atoms with E-state index in [0.717, 1.165) is 49.4 Å². The van der Waals surface area contributed by atoms with E-state index in [1.165, 1.54) is 83.5 Å². The predicted molar refractivity (Wildman–Crippen MR) is 151 cm³/mol. The fourth-order valence-corrected chi connectivity index (χ4v) is 8.76. The van der Waals surface area contributed by atoms with Crippen LogP contribution in [0.5, 0.6) is 0 Å². The van der Waals surface area contributed by atoms with E-state index in [9.17, 15) is 9.90 Å². The highest BCUT2D eigenvalue weighted by molar-refractivity contribution is 5.70. The molecule has 4 rings (SSSR count). The maximum Gasteiger partial charge on any atom is 0.306 e. The first-order chi connectivity index (χ1) is 17.5. The van der Waals surface area contributed by atoms with E-state index in [1.54, 1.807) is 11.1 Å². The van der Waals surface area contributed by atoms with Gasteiger partial charge in [0.25, 0.3) is 0 Å². The molecule has 3 aliphatic carbocycles. The maximum absolute atomic E-state index is 11.9. The van der Waals surface area contributed by atoms with Crippen LogP contribution in [0.1, 0.15) is 147 Å². The van der Waals surface area contributed by atoms with Gasteiger partial charge in [0.15, 0.2) is 0 Å². The van der Waals surface area contributed by atoms with Gasteiger partial charge in [0, 0.05) is 0 Å². The van der Waals surface area contributed by atoms with Crippen molar-refractivity contribution in [1.82, 2.24) is 0 Å². The van der Waals surface area contributed by atoms with Crippen LogP contribution in [-0.2, 0) is 10.2 Å². The fourth-order valence-electron chi connectivity index (χ4n) is 8.76. The van der Waals surface area contributed by atoms with Crippen LogP contribution in [0.2, 0.25) is 0 Å². The lowest BCUT2D eigenvalue weighted by Gasteiger charge is -2.49. The number of carbonyl (C=O) groups is 1. The molecule has 0 saturated heterocycles. The molecule has 0 spiro atoms. The Morgan fingerprint density at radius 1 is 0.861 bits per heavy atom. The van der Waals surface area contributed by atoms with Crippen LogP contribution in [-0.4, -0.2) is 11.1 Å². The van der Waals surface area contributed by atoms with Crippen molar-refractivity contribution in [2.24, 2.45) is 29.6 Å². The molecule has 0 radical (unpaired) electrons. The SMILES string of the molecule is CCCCC1CCC(C(C)c2ccccc2C2(C3CCC(CCC)CC3)CCC(C(=O)O)CC2)CC1. The van der Waals surface area contributed by atoms with E-state index in [1.807, 2.05) is 0 Å². The third-order valence-electron chi connectivity index (χ3n) is 11.1. The summed E-state index contributed by atoms with van der Waals surface area (Å²) in [7, 11) is 0. The second-order valence-corrected chi connectivity index (χ2v) is 13.1. The summed E-state index contributed by atoms with van der Waals surface area (Å²) in [5.41, 5.74) is 3.42. The lowest BCUT2D eigenvalue weighted by Crippen LogP contribution is -2.43. The van der Waals surface area contributed by atoms with Crippen LogP contribution in [0, 0.1) is 29.6 Å². The molecule has 36 heavy (non-hydrogen) atoms. The molecule has 1 aromatic carbocycles. The number of benzene rings is 1. The summed E-state index contributed by atoms with van der Waals surface area (Å²) in [5.74, 6) is 3.29. The van der Waals surface area contributed by atoms with E-state index in [4.69, 9.17) is 0 Å². The van der Waals surface area contributed by atoms with Gasteiger partial charge < -0.3 is 5.11 Å². The molecule has 0 heterocycles. The molecule has 1 aromatic rings. The standard InChI is InChI=1S/C34H54O2/c1-4-6-10-27-13-17-28(18-14-27)25(3)31-11-7-8-12-32(31)34(23-21-29(22-24-34)33(35)36)30-19-15-26(9-5-2)16-20-30/h7-8,11-12,25-30H,4-6,9-10,13-24H2,1-3H3,(H,35,36). The topological polar surface area (TPSA) is 37.3 Å². The summed E-state index contributed by atoms with van der Waals surface area (Å²) in [6, 6.07) is 9.48. The molecule has 1 unspecified atom stereocenters. The first-order valence-corrected chi connectivity index (χ1v) is 15.8. The summed E-state index contributed by atoms with van der Waals surface area (Å²) < 4.78 is 0. The number of carboxylic acids is 1. The zero-order valence-corrected chi connectivity index (χ0v) is 23.6. The quantitative estimate of drug-likeness (QED) is 0.351. The van der Waals surface area contributed by atoms with Crippen molar-refractivity contribution in [2.45, 2.75) is 141 Å². The van der Waals surface area contributed by atoms with Crippen LogP contribution in [0.15, 0.2) is 24.3 Å². The van der Waals surface area contributed by atoms with Crippen molar-refractivity contribution in [3.05, 3.63) is 35.4 Å². The minimum atomic E-state index is -0.572. The summed E-state index contributed by atoms with van der Waals surface area (Å²) in [5, 5.41) is 9.77. The predicted octanol–water partition coefficient (Wildman–Crippen LogP) is 9.91. The van der Waals surface area contributed by atoms with E-state index in [-0.39, 0.29) is 11.3 Å². The lowest BCUT2D eigenvalue weighted by molar-refractivity contribution is -0.143. The Kier molecular flexibility index (Phi) is 9.98. The van der Waals surface area contributed by atoms with Crippen molar-refractivity contribution in [3.8, 4) is 0 Å². The molecular formula is C34H54O2. The molecule has 0 bridgehead atoms. The van der Waals surface area contributed by atoms with Gasteiger partial charge in [-0.05, 0) is 97.5 Å². The number of rotatable bonds is 10. The Bertz CT molecular complexity index is 804. The number of carboxylic acid groups (broad SMARTS) is 1. The van der Waals surface area contributed by atoms with E-state index < -0.39 is 5.97 Å². The fraction of sp³-hybridized carbons (Fsp3) is 0.794. The second kappa shape index (κ2) is 13.0. The van der Waals surface area contributed by atoms with Crippen LogP contribution in [0.4, 0.5) is 0 Å². The monoisotopic (exact) mass is 494 g/mol. The van der Waals surface area contributed by atoms with E-state index >= 15 is 0 Å². The first-order valence-electron chi connectivity index (χ1n) is 15.8. The third kappa shape index (κ3) is 6.21. The van der Waals surface area contributed by atoms with Gasteiger partial charge in [-0.3, -0.25) is 4.79 Å². The van der Waals surface area contributed by atoms with Gasteiger partial charge in [-0.25, -0.2) is 0 Å². The number of aliphatic carboxylic acids is 1. The van der Waals surface area contributed by atoms with Gasteiger partial charge >= 0.3 is 5.97 Å². The summed E-state index contributed by atoms with van der Waals surface area (Å²) in [6.07, 6.45) is 21.8. The van der Waals surface area contributed by atoms with Crippen molar-refractivity contribution < 1.29 is 9.90 Å². The smallest absolute Gasteiger partial charge is 0.306 e. The minimum absolute atomic E-state index is 0.141. The molecule has 2 nitrogen and oxygen atoms in total. The largest absolute Gasteiger partial charge is 0.481 e. The van der Waals surface area contributed by atoms with Gasteiger partial charge in [-0.1, -0.05) is 103 Å². The molecule has 1 atom stereocenters. The molecule has 2 heteroatoms. The molecule has 202 valence electrons. The van der Waals surface area contributed by atoms with Gasteiger partial charge in [0.05, 0.1) is 5.92 Å². The van der Waals surface area contributed by atoms with Crippen molar-refractivity contribution in [3.63, 3.8) is 0 Å². The van der Waals surface area contributed by atoms with Crippen LogP contribution in [0.25, 0.3) is 0 Å². The normalized spacial score (nSPS) is 34.2. The molecule has 0 amide bonds.